The second kappa shape index (κ2) is 5.13. The summed E-state index contributed by atoms with van der Waals surface area (Å²) in [6.45, 7) is 8.48. The fourth-order valence-electron chi connectivity index (χ4n) is 1.91. The Kier molecular flexibility index (Phi) is 4.44. The van der Waals surface area contributed by atoms with E-state index >= 15 is 0 Å². The second-order valence-electron chi connectivity index (χ2n) is 4.11. The number of hydrogen-bond donors (Lipinski definition) is 1. The molecule has 1 saturated heterocycles. The molecule has 0 aromatic rings. The van der Waals surface area contributed by atoms with Crippen LogP contribution in [-0.4, -0.2) is 30.3 Å². The molecule has 0 bridgehead atoms. The van der Waals surface area contributed by atoms with Crippen LogP contribution in [0.3, 0.4) is 0 Å². The van der Waals surface area contributed by atoms with Crippen LogP contribution in [0.25, 0.3) is 0 Å². The van der Waals surface area contributed by atoms with Gasteiger partial charge < -0.3 is 4.90 Å². The van der Waals surface area contributed by atoms with Crippen molar-refractivity contribution >= 4 is 12.6 Å². The Bertz CT molecular complexity index is 127. The first-order valence-electron chi connectivity index (χ1n) is 5.09. The highest BCUT2D eigenvalue weighted by Crippen LogP contribution is 2.19. The van der Waals surface area contributed by atoms with Crippen LogP contribution in [0.2, 0.25) is 0 Å². The zero-order chi connectivity index (χ0) is 8.97. The molecule has 1 fully saturated rings. The first kappa shape index (κ1) is 10.4. The summed E-state index contributed by atoms with van der Waals surface area (Å²) in [5.41, 5.74) is 0. The van der Waals surface area contributed by atoms with Gasteiger partial charge in [0.25, 0.3) is 0 Å². The number of rotatable bonds is 4. The normalized spacial score (nSPS) is 27.8. The van der Waals surface area contributed by atoms with Gasteiger partial charge in [-0.25, -0.2) is 0 Å². The fourth-order valence-corrected chi connectivity index (χ4v) is 2.03. The number of hydrogen-bond acceptors (Lipinski definition) is 2. The van der Waals surface area contributed by atoms with Crippen LogP contribution in [-0.2, 0) is 0 Å². The number of nitrogens with zero attached hydrogens (tertiary/aromatic N) is 1. The third kappa shape index (κ3) is 2.98. The van der Waals surface area contributed by atoms with Gasteiger partial charge in [0.15, 0.2) is 0 Å². The lowest BCUT2D eigenvalue weighted by atomic mass is 10.1. The summed E-state index contributed by atoms with van der Waals surface area (Å²) in [6, 6.07) is 0. The van der Waals surface area contributed by atoms with Gasteiger partial charge >= 0.3 is 0 Å². The molecule has 0 aromatic carbocycles. The molecular formula is C10H21NS. The molecule has 1 aliphatic rings. The predicted molar refractivity (Wildman–Crippen MR) is 57.9 cm³/mol. The molecule has 1 rings (SSSR count). The van der Waals surface area contributed by atoms with Gasteiger partial charge in [0, 0.05) is 13.1 Å². The molecule has 0 radical (unpaired) electrons. The molecule has 1 aliphatic heterocycles. The summed E-state index contributed by atoms with van der Waals surface area (Å²) in [6.07, 6.45) is 2.77. The van der Waals surface area contributed by atoms with Crippen LogP contribution >= 0.6 is 12.6 Å². The predicted octanol–water partition coefficient (Wildman–Crippen LogP) is 2.28. The molecular weight excluding hydrogens is 166 g/mol. The van der Waals surface area contributed by atoms with Crippen molar-refractivity contribution in [3.63, 3.8) is 0 Å². The van der Waals surface area contributed by atoms with Gasteiger partial charge in [-0.3, -0.25) is 0 Å². The molecule has 0 aliphatic carbocycles. The largest absolute Gasteiger partial charge is 0.303 e. The van der Waals surface area contributed by atoms with Gasteiger partial charge in [0.05, 0.1) is 0 Å². The van der Waals surface area contributed by atoms with Crippen LogP contribution in [0, 0.1) is 11.8 Å². The lowest BCUT2D eigenvalue weighted by molar-refractivity contribution is 0.288. The van der Waals surface area contributed by atoms with Gasteiger partial charge in [0.2, 0.25) is 0 Å². The number of likely N-dealkylation sites (tertiary alicyclic amines) is 1. The van der Waals surface area contributed by atoms with Gasteiger partial charge in [-0.2, -0.15) is 12.6 Å². The zero-order valence-corrected chi connectivity index (χ0v) is 9.19. The topological polar surface area (TPSA) is 3.24 Å². The average Bonchev–Trinajstić information content (AvgIpc) is 2.52. The molecule has 2 atom stereocenters. The van der Waals surface area contributed by atoms with Gasteiger partial charge in [0.1, 0.15) is 0 Å². The highest BCUT2D eigenvalue weighted by molar-refractivity contribution is 7.80. The van der Waals surface area contributed by atoms with Crippen molar-refractivity contribution in [1.29, 1.82) is 0 Å². The fraction of sp³-hybridized carbons (Fsp3) is 1.00. The van der Waals surface area contributed by atoms with Crippen molar-refractivity contribution in [1.82, 2.24) is 4.90 Å². The van der Waals surface area contributed by atoms with Gasteiger partial charge in [-0.1, -0.05) is 20.3 Å². The SMILES string of the molecule is CCC1CCN(CC(C)CS)C1. The van der Waals surface area contributed by atoms with Crippen LogP contribution in [0.15, 0.2) is 0 Å². The zero-order valence-electron chi connectivity index (χ0n) is 8.29. The monoisotopic (exact) mass is 187 g/mol. The lowest BCUT2D eigenvalue weighted by Gasteiger charge is -2.19. The molecule has 1 heterocycles. The molecule has 2 unspecified atom stereocenters. The van der Waals surface area contributed by atoms with Gasteiger partial charge in [-0.15, -0.1) is 0 Å². The van der Waals surface area contributed by atoms with E-state index in [9.17, 15) is 0 Å². The number of thiol groups is 1. The minimum atomic E-state index is 0.754. The average molecular weight is 187 g/mol. The molecule has 2 heteroatoms. The smallest absolute Gasteiger partial charge is 0.00149 e. The Morgan fingerprint density at radius 3 is 2.83 bits per heavy atom. The van der Waals surface area contributed by atoms with E-state index in [1.54, 1.807) is 0 Å². The third-order valence-corrected chi connectivity index (χ3v) is 3.45. The van der Waals surface area contributed by atoms with Crippen LogP contribution < -0.4 is 0 Å². The molecule has 0 spiro atoms. The maximum atomic E-state index is 4.31. The van der Waals surface area contributed by atoms with Crippen molar-refractivity contribution < 1.29 is 0 Å². The first-order valence-corrected chi connectivity index (χ1v) is 5.72. The molecule has 0 amide bonds. The Morgan fingerprint density at radius 1 is 1.58 bits per heavy atom. The maximum Gasteiger partial charge on any atom is 0.00149 e. The summed E-state index contributed by atoms with van der Waals surface area (Å²) in [5, 5.41) is 0. The van der Waals surface area contributed by atoms with Gasteiger partial charge in [-0.05, 0) is 30.6 Å². The second-order valence-corrected chi connectivity index (χ2v) is 4.48. The van der Waals surface area contributed by atoms with E-state index in [1.807, 2.05) is 0 Å². The summed E-state index contributed by atoms with van der Waals surface area (Å²) in [5.74, 6) is 2.74. The van der Waals surface area contributed by atoms with E-state index in [4.69, 9.17) is 0 Å². The Morgan fingerprint density at radius 2 is 2.33 bits per heavy atom. The summed E-state index contributed by atoms with van der Waals surface area (Å²) in [7, 11) is 0. The van der Waals surface area contributed by atoms with Crippen molar-refractivity contribution in [3.8, 4) is 0 Å². The Hall–Kier alpha value is 0.310. The van der Waals surface area contributed by atoms with Crippen molar-refractivity contribution in [2.75, 3.05) is 25.4 Å². The summed E-state index contributed by atoms with van der Waals surface area (Å²) < 4.78 is 0. The molecule has 1 nitrogen and oxygen atoms in total. The van der Waals surface area contributed by atoms with Crippen molar-refractivity contribution in [3.05, 3.63) is 0 Å². The van der Waals surface area contributed by atoms with Crippen molar-refractivity contribution in [2.24, 2.45) is 11.8 Å². The summed E-state index contributed by atoms with van der Waals surface area (Å²) in [4.78, 5) is 2.59. The minimum absolute atomic E-state index is 0.754. The molecule has 0 N–H and O–H groups in total. The molecule has 0 saturated carbocycles. The lowest BCUT2D eigenvalue weighted by Crippen LogP contribution is -2.26. The van der Waals surface area contributed by atoms with Crippen LogP contribution in [0.5, 0.6) is 0 Å². The van der Waals surface area contributed by atoms with E-state index in [1.165, 1.54) is 32.5 Å². The third-order valence-electron chi connectivity index (χ3n) is 2.83. The van der Waals surface area contributed by atoms with Crippen molar-refractivity contribution in [2.45, 2.75) is 26.7 Å². The molecule has 72 valence electrons. The van der Waals surface area contributed by atoms with E-state index in [2.05, 4.69) is 31.4 Å². The standard InChI is InChI=1S/C10H21NS/c1-3-10-4-5-11(7-10)6-9(2)8-12/h9-10,12H,3-8H2,1-2H3. The van der Waals surface area contributed by atoms with E-state index in [0.717, 1.165) is 17.6 Å². The van der Waals surface area contributed by atoms with Crippen LogP contribution in [0.1, 0.15) is 26.7 Å². The Balaban J connectivity index is 2.18. The van der Waals surface area contributed by atoms with E-state index in [0.29, 0.717) is 0 Å². The first-order chi connectivity index (χ1) is 5.76. The maximum absolute atomic E-state index is 4.31. The molecule has 12 heavy (non-hydrogen) atoms. The Labute approximate surface area is 81.9 Å². The van der Waals surface area contributed by atoms with E-state index in [-0.39, 0.29) is 0 Å². The summed E-state index contributed by atoms with van der Waals surface area (Å²) >= 11 is 4.31. The molecule has 0 aromatic heterocycles. The van der Waals surface area contributed by atoms with E-state index < -0.39 is 0 Å². The highest BCUT2D eigenvalue weighted by Gasteiger charge is 2.21. The quantitative estimate of drug-likeness (QED) is 0.661. The van der Waals surface area contributed by atoms with Crippen LogP contribution in [0.4, 0.5) is 0 Å². The highest BCUT2D eigenvalue weighted by atomic mass is 32.1. The minimum Gasteiger partial charge on any atom is -0.303 e.